The van der Waals surface area contributed by atoms with E-state index in [0.29, 0.717) is 5.56 Å². The van der Waals surface area contributed by atoms with E-state index in [1.54, 1.807) is 31.2 Å². The molecule has 0 aliphatic carbocycles. The predicted molar refractivity (Wildman–Crippen MR) is 74.2 cm³/mol. The summed E-state index contributed by atoms with van der Waals surface area (Å²) in [4.78, 5) is 0. The zero-order valence-corrected chi connectivity index (χ0v) is 10.5. The summed E-state index contributed by atoms with van der Waals surface area (Å²) < 4.78 is 13.9. The molecule has 0 fully saturated rings. The van der Waals surface area contributed by atoms with Crippen molar-refractivity contribution >= 4 is 11.3 Å². The maximum absolute atomic E-state index is 13.9. The summed E-state index contributed by atoms with van der Waals surface area (Å²) >= 11 is 0. The predicted octanol–water partition coefficient (Wildman–Crippen LogP) is 3.48. The summed E-state index contributed by atoms with van der Waals surface area (Å²) in [5.74, 6) is -0.416. The largest absolute Gasteiger partial charge is 0.397 e. The molecule has 94 valence electrons. The van der Waals surface area contributed by atoms with Crippen LogP contribution in [0.15, 0.2) is 48.5 Å². The van der Waals surface area contributed by atoms with E-state index in [-0.39, 0.29) is 16.8 Å². The minimum atomic E-state index is -0.416. The summed E-state index contributed by atoms with van der Waals surface area (Å²) in [6.07, 6.45) is 0. The van der Waals surface area contributed by atoms with E-state index in [0.717, 1.165) is 5.56 Å². The summed E-state index contributed by atoms with van der Waals surface area (Å²) in [5.41, 5.74) is 8.14. The van der Waals surface area contributed by atoms with Crippen molar-refractivity contribution < 1.29 is 4.39 Å². The maximum atomic E-state index is 13.9. The molecule has 2 rings (SSSR count). The molecule has 2 aromatic carbocycles. The molecule has 0 atom stereocenters. The second-order valence-corrected chi connectivity index (χ2v) is 4.25. The molecular weight excluding hydrogens is 239 g/mol. The van der Waals surface area contributed by atoms with Crippen LogP contribution in [0, 0.1) is 24.1 Å². The average molecular weight is 252 g/mol. The minimum absolute atomic E-state index is 0.159. The third kappa shape index (κ3) is 2.63. The first kappa shape index (κ1) is 12.8. The van der Waals surface area contributed by atoms with Crippen molar-refractivity contribution in [3.8, 4) is 6.07 Å². The highest BCUT2D eigenvalue weighted by Gasteiger charge is 2.11. The Hall–Kier alpha value is -2.60. The lowest BCUT2D eigenvalue weighted by Crippen LogP contribution is -2.03. The van der Waals surface area contributed by atoms with Crippen LogP contribution in [-0.2, 0) is 0 Å². The standard InChI is InChI=1S/C16H13FN2/c1-11-7-8-13(15(17)9-11)16(19)14(10-18)12-5-3-2-4-6-12/h2-9H,19H2,1H3/b16-14+. The van der Waals surface area contributed by atoms with Crippen molar-refractivity contribution in [3.63, 3.8) is 0 Å². The Morgan fingerprint density at radius 3 is 2.42 bits per heavy atom. The van der Waals surface area contributed by atoms with Gasteiger partial charge >= 0.3 is 0 Å². The van der Waals surface area contributed by atoms with E-state index in [1.165, 1.54) is 6.07 Å². The average Bonchev–Trinajstić information content (AvgIpc) is 2.40. The molecule has 3 heteroatoms. The van der Waals surface area contributed by atoms with E-state index in [1.807, 2.05) is 24.3 Å². The Labute approximate surface area is 111 Å². The number of aryl methyl sites for hydroxylation is 1. The summed E-state index contributed by atoms with van der Waals surface area (Å²) in [6.45, 7) is 1.80. The number of nitrogens with two attached hydrogens (primary N) is 1. The van der Waals surface area contributed by atoms with Crippen LogP contribution in [-0.4, -0.2) is 0 Å². The molecule has 0 aromatic heterocycles. The normalized spacial score (nSPS) is 11.6. The SMILES string of the molecule is Cc1ccc(/C(N)=C(/C#N)c2ccccc2)c(F)c1. The Balaban J connectivity index is 2.59. The number of nitriles is 1. The van der Waals surface area contributed by atoms with E-state index in [9.17, 15) is 9.65 Å². The highest BCUT2D eigenvalue weighted by Crippen LogP contribution is 2.24. The van der Waals surface area contributed by atoms with Gasteiger partial charge < -0.3 is 5.73 Å². The molecule has 0 aliphatic rings. The fourth-order valence-electron chi connectivity index (χ4n) is 1.86. The lowest BCUT2D eigenvalue weighted by Gasteiger charge is -2.08. The third-order valence-electron chi connectivity index (χ3n) is 2.86. The Morgan fingerprint density at radius 1 is 1.16 bits per heavy atom. The number of benzene rings is 2. The lowest BCUT2D eigenvalue weighted by molar-refractivity contribution is 0.622. The van der Waals surface area contributed by atoms with Crippen LogP contribution >= 0.6 is 0 Å². The number of rotatable bonds is 2. The van der Waals surface area contributed by atoms with Crippen molar-refractivity contribution in [2.24, 2.45) is 5.73 Å². The monoisotopic (exact) mass is 252 g/mol. The summed E-state index contributed by atoms with van der Waals surface area (Å²) in [5, 5.41) is 9.25. The molecular formula is C16H13FN2. The van der Waals surface area contributed by atoms with Crippen LogP contribution in [0.2, 0.25) is 0 Å². The Kier molecular flexibility index (Phi) is 3.63. The smallest absolute Gasteiger partial charge is 0.132 e. The lowest BCUT2D eigenvalue weighted by atomic mass is 10.00. The molecule has 0 heterocycles. The second-order valence-electron chi connectivity index (χ2n) is 4.25. The third-order valence-corrected chi connectivity index (χ3v) is 2.86. The zero-order valence-electron chi connectivity index (χ0n) is 10.5. The highest BCUT2D eigenvalue weighted by atomic mass is 19.1. The first-order valence-electron chi connectivity index (χ1n) is 5.85. The molecule has 0 saturated heterocycles. The quantitative estimate of drug-likeness (QED) is 0.657. The van der Waals surface area contributed by atoms with Crippen molar-refractivity contribution in [2.45, 2.75) is 6.92 Å². The molecule has 0 aliphatic heterocycles. The maximum Gasteiger partial charge on any atom is 0.132 e. The number of allylic oxidation sites excluding steroid dienone is 1. The van der Waals surface area contributed by atoms with Gasteiger partial charge in [-0.25, -0.2) is 4.39 Å². The van der Waals surface area contributed by atoms with Gasteiger partial charge in [0.25, 0.3) is 0 Å². The van der Waals surface area contributed by atoms with E-state index in [2.05, 4.69) is 0 Å². The summed E-state index contributed by atoms with van der Waals surface area (Å²) in [7, 11) is 0. The number of hydrogen-bond donors (Lipinski definition) is 1. The van der Waals surface area contributed by atoms with Gasteiger partial charge in [0.05, 0.1) is 11.3 Å². The first-order valence-corrected chi connectivity index (χ1v) is 5.85. The van der Waals surface area contributed by atoms with Crippen LogP contribution in [0.3, 0.4) is 0 Å². The fraction of sp³-hybridized carbons (Fsp3) is 0.0625. The van der Waals surface area contributed by atoms with Crippen molar-refractivity contribution in [1.82, 2.24) is 0 Å². The highest BCUT2D eigenvalue weighted by molar-refractivity contribution is 5.96. The van der Waals surface area contributed by atoms with Crippen LogP contribution in [0.4, 0.5) is 4.39 Å². The Bertz CT molecular complexity index is 667. The van der Waals surface area contributed by atoms with E-state index >= 15 is 0 Å². The molecule has 0 bridgehead atoms. The molecule has 2 nitrogen and oxygen atoms in total. The molecule has 19 heavy (non-hydrogen) atoms. The molecule has 0 radical (unpaired) electrons. The van der Waals surface area contributed by atoms with Crippen LogP contribution in [0.1, 0.15) is 16.7 Å². The van der Waals surface area contributed by atoms with Gasteiger partial charge in [-0.3, -0.25) is 0 Å². The van der Waals surface area contributed by atoms with Crippen LogP contribution < -0.4 is 5.73 Å². The van der Waals surface area contributed by atoms with Gasteiger partial charge in [0.15, 0.2) is 0 Å². The van der Waals surface area contributed by atoms with Crippen molar-refractivity contribution in [2.75, 3.05) is 0 Å². The summed E-state index contributed by atoms with van der Waals surface area (Å²) in [6, 6.07) is 15.8. The van der Waals surface area contributed by atoms with Gasteiger partial charge in [0.2, 0.25) is 0 Å². The molecule has 2 N–H and O–H groups in total. The van der Waals surface area contributed by atoms with E-state index < -0.39 is 5.82 Å². The number of halogens is 1. The van der Waals surface area contributed by atoms with Gasteiger partial charge in [-0.1, -0.05) is 36.4 Å². The van der Waals surface area contributed by atoms with Gasteiger partial charge in [-0.15, -0.1) is 0 Å². The zero-order chi connectivity index (χ0) is 13.8. The van der Waals surface area contributed by atoms with Crippen LogP contribution in [0.5, 0.6) is 0 Å². The van der Waals surface area contributed by atoms with Crippen molar-refractivity contribution in [1.29, 1.82) is 5.26 Å². The number of nitrogens with zero attached hydrogens (tertiary/aromatic N) is 1. The fourth-order valence-corrected chi connectivity index (χ4v) is 1.86. The molecule has 0 spiro atoms. The topological polar surface area (TPSA) is 49.8 Å². The molecule has 0 saturated carbocycles. The minimum Gasteiger partial charge on any atom is -0.397 e. The molecule has 2 aromatic rings. The van der Waals surface area contributed by atoms with Gasteiger partial charge in [-0.05, 0) is 30.2 Å². The van der Waals surface area contributed by atoms with Gasteiger partial charge in [-0.2, -0.15) is 5.26 Å². The number of hydrogen-bond acceptors (Lipinski definition) is 2. The Morgan fingerprint density at radius 2 is 1.84 bits per heavy atom. The van der Waals surface area contributed by atoms with E-state index in [4.69, 9.17) is 5.73 Å². The van der Waals surface area contributed by atoms with Gasteiger partial charge in [0.1, 0.15) is 11.9 Å². The molecule has 0 unspecified atom stereocenters. The second kappa shape index (κ2) is 5.36. The molecule has 0 amide bonds. The van der Waals surface area contributed by atoms with Crippen LogP contribution in [0.25, 0.3) is 11.3 Å². The first-order chi connectivity index (χ1) is 9.13. The van der Waals surface area contributed by atoms with Crippen molar-refractivity contribution in [3.05, 3.63) is 71.0 Å². The van der Waals surface area contributed by atoms with Gasteiger partial charge in [0, 0.05) is 5.56 Å².